The minimum Gasteiger partial charge on any atom is -0.481 e. The number of carbonyl (C=O) groups excluding carboxylic acids is 2. The number of benzene rings is 3. The summed E-state index contributed by atoms with van der Waals surface area (Å²) in [6, 6.07) is 21.9. The summed E-state index contributed by atoms with van der Waals surface area (Å²) in [5.74, 6) is -1.36. The predicted molar refractivity (Wildman–Crippen MR) is 109 cm³/mol. The van der Waals surface area contributed by atoms with Crippen LogP contribution in [0.25, 0.3) is 0 Å². The first kappa shape index (κ1) is 20.1. The van der Waals surface area contributed by atoms with Crippen LogP contribution in [0.1, 0.15) is 28.9 Å². The summed E-state index contributed by atoms with van der Waals surface area (Å²) in [5, 5.41) is 5.57. The Hall–Kier alpha value is -3.67. The van der Waals surface area contributed by atoms with Crippen molar-refractivity contribution in [1.29, 1.82) is 0 Å². The van der Waals surface area contributed by atoms with Crippen molar-refractivity contribution in [2.45, 2.75) is 13.0 Å². The highest BCUT2D eigenvalue weighted by molar-refractivity contribution is 6.04. The van der Waals surface area contributed by atoms with Crippen LogP contribution in [0.5, 0.6) is 5.75 Å². The van der Waals surface area contributed by atoms with E-state index in [1.54, 1.807) is 30.3 Å². The zero-order valence-corrected chi connectivity index (χ0v) is 15.9. The third-order valence-corrected chi connectivity index (χ3v) is 4.29. The molecule has 5 nitrogen and oxygen atoms in total. The fourth-order valence-electron chi connectivity index (χ4n) is 2.78. The van der Waals surface area contributed by atoms with Gasteiger partial charge in [0.2, 0.25) is 0 Å². The molecular formula is C23H21FN2O3. The van der Waals surface area contributed by atoms with Gasteiger partial charge in [-0.05, 0) is 36.8 Å². The lowest BCUT2D eigenvalue weighted by Gasteiger charge is -2.16. The van der Waals surface area contributed by atoms with Gasteiger partial charge in [-0.3, -0.25) is 9.59 Å². The molecule has 3 aromatic rings. The highest BCUT2D eigenvalue weighted by Crippen LogP contribution is 2.19. The molecule has 2 N–H and O–H groups in total. The van der Waals surface area contributed by atoms with Crippen LogP contribution in [-0.4, -0.2) is 18.4 Å². The van der Waals surface area contributed by atoms with E-state index in [1.165, 1.54) is 18.2 Å². The molecule has 2 amide bonds. The maximum atomic E-state index is 13.6. The molecule has 0 aliphatic heterocycles. The van der Waals surface area contributed by atoms with Gasteiger partial charge in [0.1, 0.15) is 0 Å². The Bertz CT molecular complexity index is 992. The largest absolute Gasteiger partial charge is 0.481 e. The minimum atomic E-state index is -0.546. The molecule has 0 bridgehead atoms. The van der Waals surface area contributed by atoms with E-state index >= 15 is 0 Å². The molecule has 0 heterocycles. The number of amides is 2. The van der Waals surface area contributed by atoms with E-state index in [4.69, 9.17) is 4.74 Å². The van der Waals surface area contributed by atoms with Crippen LogP contribution >= 0.6 is 0 Å². The number of halogens is 1. The van der Waals surface area contributed by atoms with Gasteiger partial charge >= 0.3 is 0 Å². The van der Waals surface area contributed by atoms with Gasteiger partial charge in [-0.25, -0.2) is 4.39 Å². The van der Waals surface area contributed by atoms with Crippen LogP contribution in [0.4, 0.5) is 10.1 Å². The first-order chi connectivity index (χ1) is 14.0. The normalized spacial score (nSPS) is 11.4. The summed E-state index contributed by atoms with van der Waals surface area (Å²) >= 11 is 0. The lowest BCUT2D eigenvalue weighted by Crippen LogP contribution is -2.28. The average molecular weight is 392 g/mol. The number of hydrogen-bond acceptors (Lipinski definition) is 3. The third kappa shape index (κ3) is 5.42. The number of carbonyl (C=O) groups is 2. The first-order valence-electron chi connectivity index (χ1n) is 9.16. The van der Waals surface area contributed by atoms with Gasteiger partial charge in [0.15, 0.2) is 18.2 Å². The van der Waals surface area contributed by atoms with Crippen molar-refractivity contribution in [2.24, 2.45) is 0 Å². The van der Waals surface area contributed by atoms with Crippen LogP contribution in [-0.2, 0) is 4.79 Å². The van der Waals surface area contributed by atoms with Crippen LogP contribution in [0.2, 0.25) is 0 Å². The molecular weight excluding hydrogens is 371 g/mol. The van der Waals surface area contributed by atoms with E-state index in [9.17, 15) is 14.0 Å². The van der Waals surface area contributed by atoms with Crippen molar-refractivity contribution in [2.75, 3.05) is 11.9 Å². The molecule has 0 radical (unpaired) electrons. The number of hydrogen-bond donors (Lipinski definition) is 2. The fourth-order valence-corrected chi connectivity index (χ4v) is 2.78. The van der Waals surface area contributed by atoms with Crippen molar-refractivity contribution in [3.8, 4) is 5.75 Å². The Labute approximate surface area is 168 Å². The van der Waals surface area contributed by atoms with Gasteiger partial charge < -0.3 is 15.4 Å². The predicted octanol–water partition coefficient (Wildman–Crippen LogP) is 4.33. The monoisotopic (exact) mass is 392 g/mol. The summed E-state index contributed by atoms with van der Waals surface area (Å²) < 4.78 is 18.8. The topological polar surface area (TPSA) is 67.4 Å². The van der Waals surface area contributed by atoms with Gasteiger partial charge in [-0.1, -0.05) is 54.6 Å². The molecule has 0 spiro atoms. The summed E-state index contributed by atoms with van der Waals surface area (Å²) in [4.78, 5) is 24.9. The molecule has 29 heavy (non-hydrogen) atoms. The molecule has 0 aromatic heterocycles. The lowest BCUT2D eigenvalue weighted by atomic mass is 10.1. The molecule has 148 valence electrons. The molecule has 0 aliphatic rings. The van der Waals surface area contributed by atoms with Gasteiger partial charge in [0.25, 0.3) is 11.8 Å². The van der Waals surface area contributed by atoms with Crippen molar-refractivity contribution < 1.29 is 18.7 Å². The lowest BCUT2D eigenvalue weighted by molar-refractivity contribution is -0.118. The molecule has 3 aromatic carbocycles. The Morgan fingerprint density at radius 1 is 0.931 bits per heavy atom. The van der Waals surface area contributed by atoms with Crippen molar-refractivity contribution in [3.63, 3.8) is 0 Å². The van der Waals surface area contributed by atoms with Gasteiger partial charge in [0, 0.05) is 0 Å². The highest BCUT2D eigenvalue weighted by Gasteiger charge is 2.16. The maximum Gasteiger partial charge on any atom is 0.262 e. The second-order valence-corrected chi connectivity index (χ2v) is 6.42. The highest BCUT2D eigenvalue weighted by atomic mass is 19.1. The summed E-state index contributed by atoms with van der Waals surface area (Å²) in [6.07, 6.45) is 0. The first-order valence-corrected chi connectivity index (χ1v) is 9.16. The Kier molecular flexibility index (Phi) is 6.58. The second kappa shape index (κ2) is 9.50. The quantitative estimate of drug-likeness (QED) is 0.629. The number of para-hydroxylation sites is 2. The van der Waals surface area contributed by atoms with Crippen molar-refractivity contribution >= 4 is 17.5 Å². The standard InChI is InChI=1S/C23H21FN2O3/c1-16(17-9-3-2-4-10-17)25-23(28)18-11-5-7-13-20(18)26-22(27)15-29-21-14-8-6-12-19(21)24/h2-14,16H,15H2,1H3,(H,25,28)(H,26,27)/t16-/m0/s1. The Morgan fingerprint density at radius 3 is 2.34 bits per heavy atom. The zero-order chi connectivity index (χ0) is 20.6. The summed E-state index contributed by atoms with van der Waals surface area (Å²) in [6.45, 7) is 1.51. The van der Waals surface area contributed by atoms with Gasteiger partial charge in [-0.2, -0.15) is 0 Å². The van der Waals surface area contributed by atoms with E-state index in [-0.39, 0.29) is 24.3 Å². The molecule has 0 aliphatic carbocycles. The molecule has 3 rings (SSSR count). The SMILES string of the molecule is C[C@H](NC(=O)c1ccccc1NC(=O)COc1ccccc1F)c1ccccc1. The zero-order valence-electron chi connectivity index (χ0n) is 15.9. The third-order valence-electron chi connectivity index (χ3n) is 4.29. The minimum absolute atomic E-state index is 0.00892. The number of anilines is 1. The van der Waals surface area contributed by atoms with Crippen molar-refractivity contribution in [1.82, 2.24) is 5.32 Å². The van der Waals surface area contributed by atoms with E-state index in [1.807, 2.05) is 37.3 Å². The smallest absolute Gasteiger partial charge is 0.262 e. The van der Waals surface area contributed by atoms with Gasteiger partial charge in [0.05, 0.1) is 17.3 Å². The molecule has 0 fully saturated rings. The van der Waals surface area contributed by atoms with E-state index in [2.05, 4.69) is 10.6 Å². The average Bonchev–Trinajstić information content (AvgIpc) is 2.74. The number of ether oxygens (including phenoxy) is 1. The van der Waals surface area contributed by atoms with Crippen LogP contribution < -0.4 is 15.4 Å². The number of rotatable bonds is 7. The van der Waals surface area contributed by atoms with Crippen LogP contribution in [0, 0.1) is 5.82 Å². The van der Waals surface area contributed by atoms with Crippen molar-refractivity contribution in [3.05, 3.63) is 95.8 Å². The maximum absolute atomic E-state index is 13.6. The summed E-state index contributed by atoms with van der Waals surface area (Å²) in [7, 11) is 0. The molecule has 0 unspecified atom stereocenters. The van der Waals surface area contributed by atoms with Crippen LogP contribution in [0.3, 0.4) is 0 Å². The van der Waals surface area contributed by atoms with E-state index in [0.717, 1.165) is 5.56 Å². The molecule has 1 atom stereocenters. The van der Waals surface area contributed by atoms with E-state index in [0.29, 0.717) is 11.3 Å². The molecule has 0 saturated carbocycles. The molecule has 0 saturated heterocycles. The number of nitrogens with one attached hydrogen (secondary N) is 2. The summed E-state index contributed by atoms with van der Waals surface area (Å²) in [5.41, 5.74) is 1.66. The van der Waals surface area contributed by atoms with Gasteiger partial charge in [-0.15, -0.1) is 0 Å². The molecule has 6 heteroatoms. The Morgan fingerprint density at radius 2 is 1.59 bits per heavy atom. The van der Waals surface area contributed by atoms with E-state index < -0.39 is 11.7 Å². The second-order valence-electron chi connectivity index (χ2n) is 6.42. The Balaban J connectivity index is 1.64. The van der Waals surface area contributed by atoms with Crippen LogP contribution in [0.15, 0.2) is 78.9 Å². The fraction of sp³-hybridized carbons (Fsp3) is 0.130.